The lowest BCUT2D eigenvalue weighted by Gasteiger charge is -2.31. The molecule has 5 heterocycles. The molecule has 196 valence electrons. The fourth-order valence-corrected chi connectivity index (χ4v) is 6.46. The molecule has 4 aromatic heterocycles. The molecule has 4 aromatic rings. The first-order valence-corrected chi connectivity index (χ1v) is 13.8. The van der Waals surface area contributed by atoms with Gasteiger partial charge in [0, 0.05) is 49.4 Å². The van der Waals surface area contributed by atoms with Crippen LogP contribution in [0.2, 0.25) is 0 Å². The minimum absolute atomic E-state index is 0.00253. The molecule has 0 saturated carbocycles. The maximum absolute atomic E-state index is 13.8. The van der Waals surface area contributed by atoms with Crippen LogP contribution < -0.4 is 15.8 Å². The first-order chi connectivity index (χ1) is 18.1. The fraction of sp³-hybridized carbons (Fsp3) is 0.393. The summed E-state index contributed by atoms with van der Waals surface area (Å²) in [7, 11) is 1.74. The van der Waals surface area contributed by atoms with Crippen LogP contribution in [0.5, 0.6) is 0 Å². The number of anilines is 3. The molecule has 1 N–H and O–H groups in total. The lowest BCUT2D eigenvalue weighted by atomic mass is 9.90. The second-order valence-electron chi connectivity index (χ2n) is 11.0. The largest absolute Gasteiger partial charge is 0.339 e. The molecule has 38 heavy (non-hydrogen) atoms. The molecule has 0 fully saturated rings. The smallest absolute Gasteiger partial charge is 0.276 e. The molecule has 10 heteroatoms. The van der Waals surface area contributed by atoms with Gasteiger partial charge in [-0.05, 0) is 60.9 Å². The highest BCUT2D eigenvalue weighted by molar-refractivity contribution is 7.15. The highest BCUT2D eigenvalue weighted by Gasteiger charge is 2.37. The fourth-order valence-electron chi connectivity index (χ4n) is 5.86. The summed E-state index contributed by atoms with van der Waals surface area (Å²) in [5, 5.41) is 12.6. The van der Waals surface area contributed by atoms with Gasteiger partial charge in [0.15, 0.2) is 0 Å². The SMILES string of the molecule is CCc1c(-c2cc(Nc3nnc(C)s3)c(=O)n(C)c2)ccnc1N1CCn2c(cc3c2CC(C)(C)C3)C1=O. The zero-order valence-corrected chi connectivity index (χ0v) is 23.1. The summed E-state index contributed by atoms with van der Waals surface area (Å²) in [5.74, 6) is 0.684. The lowest BCUT2D eigenvalue weighted by Crippen LogP contribution is -2.41. The Hall–Kier alpha value is -3.79. The van der Waals surface area contributed by atoms with E-state index >= 15 is 0 Å². The van der Waals surface area contributed by atoms with Gasteiger partial charge in [-0.25, -0.2) is 4.98 Å². The van der Waals surface area contributed by atoms with Gasteiger partial charge >= 0.3 is 0 Å². The highest BCUT2D eigenvalue weighted by Crippen LogP contribution is 2.40. The van der Waals surface area contributed by atoms with E-state index in [1.807, 2.05) is 30.2 Å². The number of aromatic nitrogens is 5. The number of carbonyl (C=O) groups is 1. The second-order valence-corrected chi connectivity index (χ2v) is 12.1. The van der Waals surface area contributed by atoms with Gasteiger partial charge in [-0.2, -0.15) is 0 Å². The Morgan fingerprint density at radius 2 is 1.95 bits per heavy atom. The molecule has 6 rings (SSSR count). The molecule has 1 amide bonds. The van der Waals surface area contributed by atoms with Crippen molar-refractivity contribution in [3.63, 3.8) is 0 Å². The van der Waals surface area contributed by atoms with Crippen LogP contribution in [0.4, 0.5) is 16.6 Å². The van der Waals surface area contributed by atoms with Gasteiger partial charge in [0.2, 0.25) is 5.13 Å². The number of amides is 1. The van der Waals surface area contributed by atoms with E-state index in [1.54, 1.807) is 17.8 Å². The summed E-state index contributed by atoms with van der Waals surface area (Å²) in [6.07, 6.45) is 6.27. The summed E-state index contributed by atoms with van der Waals surface area (Å²) in [5.41, 5.74) is 6.67. The van der Waals surface area contributed by atoms with Crippen molar-refractivity contribution < 1.29 is 4.79 Å². The van der Waals surface area contributed by atoms with Crippen molar-refractivity contribution in [2.75, 3.05) is 16.8 Å². The van der Waals surface area contributed by atoms with Crippen molar-refractivity contribution >= 4 is 33.9 Å². The van der Waals surface area contributed by atoms with Crippen molar-refractivity contribution in [1.82, 2.24) is 24.3 Å². The van der Waals surface area contributed by atoms with E-state index in [1.165, 1.54) is 22.6 Å². The molecule has 9 nitrogen and oxygen atoms in total. The topological polar surface area (TPSA) is 97.9 Å². The third kappa shape index (κ3) is 4.03. The van der Waals surface area contributed by atoms with Gasteiger partial charge in [-0.15, -0.1) is 10.2 Å². The molecular weight excluding hydrogens is 498 g/mol. The summed E-state index contributed by atoms with van der Waals surface area (Å²) >= 11 is 1.39. The van der Waals surface area contributed by atoms with Crippen molar-refractivity contribution in [3.05, 3.63) is 68.5 Å². The Morgan fingerprint density at radius 3 is 2.68 bits per heavy atom. The summed E-state index contributed by atoms with van der Waals surface area (Å²) in [6, 6.07) is 5.88. The summed E-state index contributed by atoms with van der Waals surface area (Å²) in [4.78, 5) is 33.2. The number of rotatable bonds is 5. The van der Waals surface area contributed by atoms with Crippen LogP contribution in [0.3, 0.4) is 0 Å². The predicted molar refractivity (Wildman–Crippen MR) is 150 cm³/mol. The first-order valence-electron chi connectivity index (χ1n) is 12.9. The maximum Gasteiger partial charge on any atom is 0.276 e. The number of aryl methyl sites for hydroxylation is 2. The van der Waals surface area contributed by atoms with Crippen molar-refractivity contribution in [3.8, 4) is 11.1 Å². The molecule has 0 spiro atoms. The molecule has 1 aliphatic carbocycles. The van der Waals surface area contributed by atoms with E-state index < -0.39 is 0 Å². The standard InChI is InChI=1S/C28H31N7O2S/c1-6-19-20(18-11-21(25(36)33(5)15-18)30-27-32-31-16(2)38-27)7-8-29-24(19)35-10-9-34-22(26(35)37)12-17-13-28(3,4)14-23(17)34/h7-8,11-12,15H,6,9-10,13-14H2,1-5H3,(H,30,32). The molecule has 1 aliphatic heterocycles. The van der Waals surface area contributed by atoms with Crippen LogP contribution >= 0.6 is 11.3 Å². The molecule has 0 aromatic carbocycles. The van der Waals surface area contributed by atoms with Gasteiger partial charge in [0.1, 0.15) is 22.2 Å². The molecule has 0 saturated heterocycles. The third-order valence-electron chi connectivity index (χ3n) is 7.53. The van der Waals surface area contributed by atoms with Gasteiger partial charge in [-0.3, -0.25) is 14.5 Å². The number of fused-ring (bicyclic) bond motifs is 3. The highest BCUT2D eigenvalue weighted by atomic mass is 32.1. The number of nitrogens with one attached hydrogen (secondary N) is 1. The zero-order chi connectivity index (χ0) is 26.8. The van der Waals surface area contributed by atoms with Crippen LogP contribution in [-0.4, -0.2) is 36.8 Å². The predicted octanol–water partition coefficient (Wildman–Crippen LogP) is 4.50. The van der Waals surface area contributed by atoms with E-state index in [0.29, 0.717) is 29.6 Å². The van der Waals surface area contributed by atoms with Crippen molar-refractivity contribution in [1.29, 1.82) is 0 Å². The average Bonchev–Trinajstić information content (AvgIpc) is 3.53. The molecular formula is C28H31N7O2S. The van der Waals surface area contributed by atoms with Crippen LogP contribution in [-0.2, 0) is 32.9 Å². The number of nitrogens with zero attached hydrogens (tertiary/aromatic N) is 6. The average molecular weight is 530 g/mol. The van der Waals surface area contributed by atoms with E-state index in [-0.39, 0.29) is 16.9 Å². The van der Waals surface area contributed by atoms with Gasteiger partial charge < -0.3 is 14.5 Å². The Bertz CT molecular complexity index is 1650. The van der Waals surface area contributed by atoms with E-state index in [9.17, 15) is 9.59 Å². The van der Waals surface area contributed by atoms with E-state index in [2.05, 4.69) is 46.9 Å². The Morgan fingerprint density at radius 1 is 1.13 bits per heavy atom. The molecule has 0 atom stereocenters. The number of pyridine rings is 2. The number of hydrogen-bond acceptors (Lipinski definition) is 7. The van der Waals surface area contributed by atoms with Gasteiger partial charge in [0.25, 0.3) is 11.5 Å². The van der Waals surface area contributed by atoms with Gasteiger partial charge in [0.05, 0.1) is 0 Å². The Kier molecular flexibility index (Phi) is 5.75. The minimum Gasteiger partial charge on any atom is -0.339 e. The van der Waals surface area contributed by atoms with Crippen molar-refractivity contribution in [2.45, 2.75) is 53.5 Å². The normalized spacial score (nSPS) is 16.0. The zero-order valence-electron chi connectivity index (χ0n) is 22.3. The lowest BCUT2D eigenvalue weighted by molar-refractivity contribution is 0.0963. The van der Waals surface area contributed by atoms with Crippen LogP contribution in [0, 0.1) is 12.3 Å². The van der Waals surface area contributed by atoms with E-state index in [0.717, 1.165) is 46.8 Å². The molecule has 0 unspecified atom stereocenters. The van der Waals surface area contributed by atoms with Crippen LogP contribution in [0.25, 0.3) is 11.1 Å². The molecule has 2 aliphatic rings. The second kappa shape index (κ2) is 8.90. The van der Waals surface area contributed by atoms with Crippen LogP contribution in [0.1, 0.15) is 53.1 Å². The summed E-state index contributed by atoms with van der Waals surface area (Å²) in [6.45, 7) is 9.85. The monoisotopic (exact) mass is 529 g/mol. The minimum atomic E-state index is -0.155. The van der Waals surface area contributed by atoms with Gasteiger partial charge in [-0.1, -0.05) is 32.1 Å². The molecule has 0 bridgehead atoms. The quantitative estimate of drug-likeness (QED) is 0.409. The first kappa shape index (κ1) is 24.5. The van der Waals surface area contributed by atoms with Crippen LogP contribution in [0.15, 0.2) is 35.4 Å². The van der Waals surface area contributed by atoms with E-state index in [4.69, 9.17) is 4.98 Å². The maximum atomic E-state index is 13.8. The summed E-state index contributed by atoms with van der Waals surface area (Å²) < 4.78 is 3.78. The Labute approximate surface area is 225 Å². The third-order valence-corrected chi connectivity index (χ3v) is 8.28. The van der Waals surface area contributed by atoms with Crippen molar-refractivity contribution in [2.24, 2.45) is 12.5 Å². The number of carbonyl (C=O) groups excluding carboxylic acids is 1. The molecule has 0 radical (unpaired) electrons. The Balaban J connectivity index is 1.38. The number of hydrogen-bond donors (Lipinski definition) is 1.